The van der Waals surface area contributed by atoms with E-state index in [0.29, 0.717) is 54.2 Å². The molecule has 0 spiro atoms. The van der Waals surface area contributed by atoms with Crippen molar-refractivity contribution in [1.29, 1.82) is 5.26 Å². The number of nitriles is 1. The third kappa shape index (κ3) is 5.72. The second kappa shape index (κ2) is 10.8. The van der Waals surface area contributed by atoms with Gasteiger partial charge < -0.3 is 20.7 Å². The average molecular weight is 435 g/mol. The standard InChI is InChI=1S/C22H26N8O2/c1-4-7-26-22(31)17-12-20(30-29-17)27-19-11-14(2)16(13-23)21(28-19)25-9-10-32-18-6-5-8-24-15(18)3/h5-6,8,11-12H,4,7,9-10H2,1-3H3,(H,26,31)(H3,25,27,28,29,30). The van der Waals surface area contributed by atoms with Crippen LogP contribution in [0.5, 0.6) is 5.75 Å². The summed E-state index contributed by atoms with van der Waals surface area (Å²) in [5.41, 5.74) is 2.38. The predicted octanol–water partition coefficient (Wildman–Crippen LogP) is 3.06. The van der Waals surface area contributed by atoms with Gasteiger partial charge in [-0.1, -0.05) is 6.92 Å². The predicted molar refractivity (Wildman–Crippen MR) is 121 cm³/mol. The van der Waals surface area contributed by atoms with E-state index in [1.54, 1.807) is 18.3 Å². The van der Waals surface area contributed by atoms with Crippen molar-refractivity contribution in [3.05, 3.63) is 53.0 Å². The topological polar surface area (TPSA) is 141 Å². The number of aromatic nitrogens is 4. The normalized spacial score (nSPS) is 10.3. The highest BCUT2D eigenvalue weighted by Gasteiger charge is 2.13. The summed E-state index contributed by atoms with van der Waals surface area (Å²) in [5.74, 6) is 1.89. The Kier molecular flexibility index (Phi) is 7.59. The average Bonchev–Trinajstić information content (AvgIpc) is 3.24. The van der Waals surface area contributed by atoms with Gasteiger partial charge in [0.25, 0.3) is 5.91 Å². The summed E-state index contributed by atoms with van der Waals surface area (Å²) in [5, 5.41) is 25.4. The van der Waals surface area contributed by atoms with Gasteiger partial charge in [0.15, 0.2) is 5.82 Å². The highest BCUT2D eigenvalue weighted by atomic mass is 16.5. The minimum Gasteiger partial charge on any atom is -0.490 e. The lowest BCUT2D eigenvalue weighted by Gasteiger charge is -2.13. The Morgan fingerprint density at radius 1 is 1.25 bits per heavy atom. The lowest BCUT2D eigenvalue weighted by atomic mass is 10.1. The molecule has 32 heavy (non-hydrogen) atoms. The molecule has 4 N–H and O–H groups in total. The molecule has 10 nitrogen and oxygen atoms in total. The molecule has 0 aliphatic carbocycles. The number of H-pyrrole nitrogens is 1. The summed E-state index contributed by atoms with van der Waals surface area (Å²) in [6, 6.07) is 9.22. The van der Waals surface area contributed by atoms with E-state index < -0.39 is 0 Å². The van der Waals surface area contributed by atoms with Crippen molar-refractivity contribution >= 4 is 23.4 Å². The Bertz CT molecular complexity index is 1120. The van der Waals surface area contributed by atoms with Crippen molar-refractivity contribution in [3.8, 4) is 11.8 Å². The van der Waals surface area contributed by atoms with Crippen LogP contribution in [0.4, 0.5) is 17.5 Å². The highest BCUT2D eigenvalue weighted by molar-refractivity contribution is 5.93. The number of aromatic amines is 1. The van der Waals surface area contributed by atoms with Crippen LogP contribution >= 0.6 is 0 Å². The van der Waals surface area contributed by atoms with Crippen molar-refractivity contribution in [1.82, 2.24) is 25.5 Å². The van der Waals surface area contributed by atoms with Crippen LogP contribution in [0.15, 0.2) is 30.5 Å². The second-order valence-corrected chi connectivity index (χ2v) is 7.07. The number of hydrogen-bond acceptors (Lipinski definition) is 8. The minimum atomic E-state index is -0.220. The van der Waals surface area contributed by atoms with Crippen LogP contribution in [0, 0.1) is 25.2 Å². The van der Waals surface area contributed by atoms with Crippen molar-refractivity contribution < 1.29 is 9.53 Å². The Labute approximate surface area is 186 Å². The molecule has 0 aliphatic rings. The number of nitrogens with zero attached hydrogens (tertiary/aromatic N) is 4. The van der Waals surface area contributed by atoms with Gasteiger partial charge in [0.05, 0.1) is 17.8 Å². The van der Waals surface area contributed by atoms with E-state index in [9.17, 15) is 10.1 Å². The van der Waals surface area contributed by atoms with Gasteiger partial charge >= 0.3 is 0 Å². The minimum absolute atomic E-state index is 0.220. The first-order chi connectivity index (χ1) is 15.5. The van der Waals surface area contributed by atoms with E-state index in [2.05, 4.69) is 42.2 Å². The maximum Gasteiger partial charge on any atom is 0.269 e. The summed E-state index contributed by atoms with van der Waals surface area (Å²) in [6.45, 7) is 7.12. The molecule has 3 rings (SSSR count). The van der Waals surface area contributed by atoms with Crippen molar-refractivity contribution in [2.45, 2.75) is 27.2 Å². The molecule has 0 saturated carbocycles. The van der Waals surface area contributed by atoms with Crippen LogP contribution in [0.25, 0.3) is 0 Å². The summed E-state index contributed by atoms with van der Waals surface area (Å²) in [7, 11) is 0. The Morgan fingerprint density at radius 2 is 2.09 bits per heavy atom. The van der Waals surface area contributed by atoms with Crippen LogP contribution in [0.2, 0.25) is 0 Å². The van der Waals surface area contributed by atoms with Gasteiger partial charge in [0, 0.05) is 18.8 Å². The molecule has 0 atom stereocenters. The largest absolute Gasteiger partial charge is 0.490 e. The number of ether oxygens (including phenoxy) is 1. The van der Waals surface area contributed by atoms with Gasteiger partial charge in [0.2, 0.25) is 0 Å². The Morgan fingerprint density at radius 3 is 2.84 bits per heavy atom. The first-order valence-corrected chi connectivity index (χ1v) is 10.3. The number of nitrogens with one attached hydrogen (secondary N) is 4. The molecule has 0 fully saturated rings. The molecule has 1 amide bonds. The van der Waals surface area contributed by atoms with Gasteiger partial charge in [-0.15, -0.1) is 0 Å². The maximum atomic E-state index is 12.0. The molecular weight excluding hydrogens is 408 g/mol. The maximum absolute atomic E-state index is 12.0. The van der Waals surface area contributed by atoms with E-state index in [1.807, 2.05) is 32.9 Å². The van der Waals surface area contributed by atoms with E-state index in [0.717, 1.165) is 17.7 Å². The zero-order chi connectivity index (χ0) is 22.9. The van der Waals surface area contributed by atoms with Gasteiger partial charge in [-0.25, -0.2) is 4.98 Å². The first-order valence-electron chi connectivity index (χ1n) is 10.3. The van der Waals surface area contributed by atoms with E-state index in [-0.39, 0.29) is 5.91 Å². The zero-order valence-corrected chi connectivity index (χ0v) is 18.3. The van der Waals surface area contributed by atoms with Crippen LogP contribution in [-0.2, 0) is 0 Å². The lowest BCUT2D eigenvalue weighted by Crippen LogP contribution is -2.24. The third-order valence-corrected chi connectivity index (χ3v) is 4.55. The number of carbonyl (C=O) groups excluding carboxylic acids is 1. The number of carbonyl (C=O) groups is 1. The van der Waals surface area contributed by atoms with E-state index in [1.165, 1.54) is 0 Å². The number of anilines is 3. The number of hydrogen-bond donors (Lipinski definition) is 4. The first kappa shape index (κ1) is 22.6. The molecule has 3 aromatic heterocycles. The number of aryl methyl sites for hydroxylation is 2. The van der Waals surface area contributed by atoms with Crippen molar-refractivity contribution in [2.75, 3.05) is 30.3 Å². The molecule has 0 aromatic carbocycles. The zero-order valence-electron chi connectivity index (χ0n) is 18.3. The molecule has 166 valence electrons. The Balaban J connectivity index is 1.66. The summed E-state index contributed by atoms with van der Waals surface area (Å²) >= 11 is 0. The molecule has 0 unspecified atom stereocenters. The van der Waals surface area contributed by atoms with Gasteiger partial charge in [0.1, 0.15) is 35.8 Å². The van der Waals surface area contributed by atoms with Crippen LogP contribution in [0.3, 0.4) is 0 Å². The van der Waals surface area contributed by atoms with Crippen LogP contribution in [0.1, 0.15) is 40.7 Å². The molecule has 0 radical (unpaired) electrons. The molecule has 0 saturated heterocycles. The van der Waals surface area contributed by atoms with Crippen molar-refractivity contribution in [3.63, 3.8) is 0 Å². The summed E-state index contributed by atoms with van der Waals surface area (Å²) < 4.78 is 5.74. The Hall–Kier alpha value is -4.13. The molecule has 10 heteroatoms. The van der Waals surface area contributed by atoms with Gasteiger partial charge in [-0.05, 0) is 44.0 Å². The molecule has 3 aromatic rings. The fourth-order valence-corrected chi connectivity index (χ4v) is 2.93. The summed E-state index contributed by atoms with van der Waals surface area (Å²) in [4.78, 5) is 20.7. The SMILES string of the molecule is CCCNC(=O)c1cc(Nc2cc(C)c(C#N)c(NCCOc3cccnc3C)n2)n[nH]1. The lowest BCUT2D eigenvalue weighted by molar-refractivity contribution is 0.0948. The highest BCUT2D eigenvalue weighted by Crippen LogP contribution is 2.23. The summed E-state index contributed by atoms with van der Waals surface area (Å²) in [6.07, 6.45) is 2.56. The van der Waals surface area contributed by atoms with Gasteiger partial charge in [-0.2, -0.15) is 10.4 Å². The molecular formula is C22H26N8O2. The fraction of sp³-hybridized carbons (Fsp3) is 0.318. The van der Waals surface area contributed by atoms with Crippen LogP contribution in [-0.4, -0.2) is 45.8 Å². The fourth-order valence-electron chi connectivity index (χ4n) is 2.93. The second-order valence-electron chi connectivity index (χ2n) is 7.07. The number of amides is 1. The van der Waals surface area contributed by atoms with Gasteiger partial charge in [-0.3, -0.25) is 14.9 Å². The smallest absolute Gasteiger partial charge is 0.269 e. The quantitative estimate of drug-likeness (QED) is 0.357. The number of rotatable bonds is 10. The van der Waals surface area contributed by atoms with E-state index in [4.69, 9.17) is 4.74 Å². The third-order valence-electron chi connectivity index (χ3n) is 4.55. The van der Waals surface area contributed by atoms with Crippen molar-refractivity contribution in [2.24, 2.45) is 0 Å². The van der Waals surface area contributed by atoms with Crippen LogP contribution < -0.4 is 20.7 Å². The number of pyridine rings is 2. The van der Waals surface area contributed by atoms with E-state index >= 15 is 0 Å². The monoisotopic (exact) mass is 434 g/mol. The molecule has 0 aliphatic heterocycles. The molecule has 3 heterocycles. The molecule has 0 bridgehead atoms.